The quantitative estimate of drug-likeness (QED) is 0.849. The summed E-state index contributed by atoms with van der Waals surface area (Å²) in [4.78, 5) is 0. The van der Waals surface area contributed by atoms with Crippen molar-refractivity contribution >= 4 is 0 Å². The van der Waals surface area contributed by atoms with Crippen LogP contribution in [0.5, 0.6) is 0 Å². The average molecular weight is 235 g/mol. The van der Waals surface area contributed by atoms with Gasteiger partial charge in [0.05, 0.1) is 6.20 Å². The summed E-state index contributed by atoms with van der Waals surface area (Å²) >= 11 is 0. The molecule has 1 fully saturated rings. The maximum Gasteiger partial charge on any atom is 0.0537 e. The zero-order valence-electron chi connectivity index (χ0n) is 11.2. The fraction of sp³-hybridized carbons (Fsp3) is 0.786. The van der Waals surface area contributed by atoms with Crippen LogP contribution in [-0.2, 0) is 6.54 Å². The Hall–Kier alpha value is -0.830. The molecule has 0 saturated heterocycles. The minimum absolute atomic E-state index is 0.514. The van der Waals surface area contributed by atoms with Crippen LogP contribution in [0.3, 0.4) is 0 Å². The second-order valence-corrected chi connectivity index (χ2v) is 5.06. The van der Waals surface area contributed by atoms with Gasteiger partial charge >= 0.3 is 0 Å². The van der Waals surface area contributed by atoms with Crippen LogP contribution in [0.1, 0.15) is 57.6 Å². The number of nitrogens with one attached hydrogen (secondary N) is 1. The van der Waals surface area contributed by atoms with E-state index in [0.29, 0.717) is 6.04 Å². The number of hydrogen-bond acceptors (Lipinski definition) is 2. The zero-order chi connectivity index (χ0) is 12.1. The fourth-order valence-electron chi connectivity index (χ4n) is 2.96. The van der Waals surface area contributed by atoms with E-state index in [1.54, 1.807) is 0 Å². The van der Waals surface area contributed by atoms with E-state index in [1.165, 1.54) is 37.7 Å². The van der Waals surface area contributed by atoms with E-state index in [4.69, 9.17) is 0 Å². The molecule has 1 aromatic heterocycles. The molecule has 1 saturated carbocycles. The molecule has 0 aromatic carbocycles. The Morgan fingerprint density at radius 2 is 2.12 bits per heavy atom. The first-order valence-electron chi connectivity index (χ1n) is 7.10. The fourth-order valence-corrected chi connectivity index (χ4v) is 2.96. The molecule has 0 amide bonds. The van der Waals surface area contributed by atoms with Gasteiger partial charge in [0.25, 0.3) is 0 Å². The van der Waals surface area contributed by atoms with Gasteiger partial charge in [-0.2, -0.15) is 5.10 Å². The molecular formula is C14H25N3. The molecule has 1 atom stereocenters. The molecule has 1 aliphatic rings. The lowest BCUT2D eigenvalue weighted by molar-refractivity contribution is 0.274. The SMILES string of the molecule is CCNC(c1cnn(CC)c1)C1CCCCC1. The van der Waals surface area contributed by atoms with Crippen molar-refractivity contribution in [3.05, 3.63) is 18.0 Å². The molecule has 1 unspecified atom stereocenters. The van der Waals surface area contributed by atoms with Crippen LogP contribution in [-0.4, -0.2) is 16.3 Å². The normalized spacial score (nSPS) is 19.4. The standard InChI is InChI=1S/C14H25N3/c1-3-15-14(12-8-6-5-7-9-12)13-10-16-17(4-2)11-13/h10-12,14-15H,3-9H2,1-2H3. The molecule has 1 aromatic rings. The second kappa shape index (κ2) is 6.20. The van der Waals surface area contributed by atoms with Crippen LogP contribution in [0, 0.1) is 5.92 Å². The lowest BCUT2D eigenvalue weighted by Gasteiger charge is -2.30. The number of nitrogens with zero attached hydrogens (tertiary/aromatic N) is 2. The molecule has 3 heteroatoms. The minimum Gasteiger partial charge on any atom is -0.310 e. The van der Waals surface area contributed by atoms with Gasteiger partial charge in [-0.3, -0.25) is 4.68 Å². The van der Waals surface area contributed by atoms with E-state index in [9.17, 15) is 0 Å². The largest absolute Gasteiger partial charge is 0.310 e. The van der Waals surface area contributed by atoms with Gasteiger partial charge in [0.2, 0.25) is 0 Å². The van der Waals surface area contributed by atoms with Crippen molar-refractivity contribution in [2.24, 2.45) is 5.92 Å². The molecule has 1 N–H and O–H groups in total. The molecule has 17 heavy (non-hydrogen) atoms. The highest BCUT2D eigenvalue weighted by atomic mass is 15.3. The Kier molecular flexibility index (Phi) is 4.60. The topological polar surface area (TPSA) is 29.9 Å². The number of aryl methyl sites for hydroxylation is 1. The van der Waals surface area contributed by atoms with E-state index >= 15 is 0 Å². The minimum atomic E-state index is 0.514. The Labute approximate surface area is 105 Å². The van der Waals surface area contributed by atoms with Crippen LogP contribution in [0.4, 0.5) is 0 Å². The highest BCUT2D eigenvalue weighted by Crippen LogP contribution is 2.34. The van der Waals surface area contributed by atoms with E-state index in [2.05, 4.69) is 30.5 Å². The van der Waals surface area contributed by atoms with Crippen molar-refractivity contribution in [3.8, 4) is 0 Å². The Morgan fingerprint density at radius 3 is 2.71 bits per heavy atom. The Morgan fingerprint density at radius 1 is 1.35 bits per heavy atom. The van der Waals surface area contributed by atoms with Crippen molar-refractivity contribution in [1.82, 2.24) is 15.1 Å². The molecule has 0 spiro atoms. The highest BCUT2D eigenvalue weighted by molar-refractivity contribution is 5.12. The van der Waals surface area contributed by atoms with Gasteiger partial charge in [0.1, 0.15) is 0 Å². The summed E-state index contributed by atoms with van der Waals surface area (Å²) in [6.45, 7) is 6.34. The Balaban J connectivity index is 2.09. The smallest absolute Gasteiger partial charge is 0.0537 e. The molecule has 1 aliphatic carbocycles. The highest BCUT2D eigenvalue weighted by Gasteiger charge is 2.25. The van der Waals surface area contributed by atoms with Crippen LogP contribution >= 0.6 is 0 Å². The zero-order valence-corrected chi connectivity index (χ0v) is 11.2. The van der Waals surface area contributed by atoms with Gasteiger partial charge in [-0.1, -0.05) is 26.2 Å². The van der Waals surface area contributed by atoms with E-state index in [-0.39, 0.29) is 0 Å². The summed E-state index contributed by atoms with van der Waals surface area (Å²) in [5.41, 5.74) is 1.38. The molecule has 3 nitrogen and oxygen atoms in total. The predicted molar refractivity (Wildman–Crippen MR) is 70.9 cm³/mol. The van der Waals surface area contributed by atoms with E-state index in [1.807, 2.05) is 10.9 Å². The van der Waals surface area contributed by atoms with Crippen molar-refractivity contribution in [1.29, 1.82) is 0 Å². The number of rotatable bonds is 5. The monoisotopic (exact) mass is 235 g/mol. The lowest BCUT2D eigenvalue weighted by atomic mass is 9.82. The molecule has 2 rings (SSSR count). The van der Waals surface area contributed by atoms with Gasteiger partial charge < -0.3 is 5.32 Å². The summed E-state index contributed by atoms with van der Waals surface area (Å²) in [5, 5.41) is 8.06. The van der Waals surface area contributed by atoms with Crippen molar-refractivity contribution in [3.63, 3.8) is 0 Å². The van der Waals surface area contributed by atoms with Gasteiger partial charge in [-0.25, -0.2) is 0 Å². The van der Waals surface area contributed by atoms with Crippen LogP contribution in [0.25, 0.3) is 0 Å². The third-order valence-corrected chi connectivity index (χ3v) is 3.88. The van der Waals surface area contributed by atoms with Crippen molar-refractivity contribution in [2.45, 2.75) is 58.5 Å². The van der Waals surface area contributed by atoms with E-state index in [0.717, 1.165) is 19.0 Å². The van der Waals surface area contributed by atoms with Crippen LogP contribution < -0.4 is 5.32 Å². The summed E-state index contributed by atoms with van der Waals surface area (Å²) in [5.74, 6) is 0.804. The molecule has 0 aliphatic heterocycles. The number of aromatic nitrogens is 2. The van der Waals surface area contributed by atoms with Crippen molar-refractivity contribution in [2.75, 3.05) is 6.54 Å². The second-order valence-electron chi connectivity index (χ2n) is 5.06. The first kappa shape index (κ1) is 12.6. The predicted octanol–water partition coefficient (Wildman–Crippen LogP) is 3.13. The van der Waals surface area contributed by atoms with Crippen molar-refractivity contribution < 1.29 is 0 Å². The molecular weight excluding hydrogens is 210 g/mol. The molecule has 96 valence electrons. The average Bonchev–Trinajstić information content (AvgIpc) is 2.85. The van der Waals surface area contributed by atoms with Gasteiger partial charge in [-0.15, -0.1) is 0 Å². The van der Waals surface area contributed by atoms with Gasteiger partial charge in [0.15, 0.2) is 0 Å². The lowest BCUT2D eigenvalue weighted by Crippen LogP contribution is -2.29. The summed E-state index contributed by atoms with van der Waals surface area (Å²) in [7, 11) is 0. The maximum absolute atomic E-state index is 4.41. The van der Waals surface area contributed by atoms with Crippen LogP contribution in [0.2, 0.25) is 0 Å². The third-order valence-electron chi connectivity index (χ3n) is 3.88. The number of hydrogen-bond donors (Lipinski definition) is 1. The Bertz CT molecular complexity index is 326. The summed E-state index contributed by atoms with van der Waals surface area (Å²) in [6.07, 6.45) is 11.2. The molecule has 0 bridgehead atoms. The third kappa shape index (κ3) is 3.09. The first-order valence-corrected chi connectivity index (χ1v) is 7.10. The summed E-state index contributed by atoms with van der Waals surface area (Å²) < 4.78 is 2.03. The summed E-state index contributed by atoms with van der Waals surface area (Å²) in [6, 6.07) is 0.514. The van der Waals surface area contributed by atoms with Gasteiger partial charge in [0, 0.05) is 24.3 Å². The molecule has 0 radical (unpaired) electrons. The van der Waals surface area contributed by atoms with Gasteiger partial charge in [-0.05, 0) is 32.2 Å². The van der Waals surface area contributed by atoms with E-state index < -0.39 is 0 Å². The molecule has 1 heterocycles. The van der Waals surface area contributed by atoms with Crippen LogP contribution in [0.15, 0.2) is 12.4 Å². The first-order chi connectivity index (χ1) is 8.35. The maximum atomic E-state index is 4.41.